The number of piperidine rings is 1. The summed E-state index contributed by atoms with van der Waals surface area (Å²) in [4.78, 5) is 83.8. The molecule has 5 aliphatic rings. The Bertz CT molecular complexity index is 4510. The lowest BCUT2D eigenvalue weighted by molar-refractivity contribution is -0.144. The number of benzene rings is 5. The summed E-state index contributed by atoms with van der Waals surface area (Å²) in [5, 5.41) is 23.8. The molecule has 6 N–H and O–H groups in total. The Kier molecular flexibility index (Phi) is 28.9. The molecule has 11 rings (SSSR count). The number of hydrogen-bond donors (Lipinski definition) is 6. The van der Waals surface area contributed by atoms with E-state index in [2.05, 4.69) is 64.9 Å². The molecule has 4 fully saturated rings. The van der Waals surface area contributed by atoms with Gasteiger partial charge in [0.15, 0.2) is 0 Å². The molecule has 1 unspecified atom stereocenters. The maximum absolute atomic E-state index is 14.4. The quantitative estimate of drug-likeness (QED) is 0.0174. The maximum Gasteiger partial charge on any atom is 0.501 e. The van der Waals surface area contributed by atoms with Gasteiger partial charge in [0.05, 0.1) is 52.0 Å². The molecule has 30 heteroatoms. The summed E-state index contributed by atoms with van der Waals surface area (Å²) in [6.07, 6.45) is 6.34. The number of amides is 5. The number of nitrogens with one attached hydrogen (secondary N) is 5. The Hall–Kier alpha value is -7.45. The zero-order valence-corrected chi connectivity index (χ0v) is 68.6. The van der Waals surface area contributed by atoms with Crippen molar-refractivity contribution in [2.24, 2.45) is 10.8 Å². The van der Waals surface area contributed by atoms with Crippen molar-refractivity contribution >= 4 is 101 Å². The van der Waals surface area contributed by atoms with Crippen molar-refractivity contribution in [3.8, 4) is 10.4 Å². The summed E-state index contributed by atoms with van der Waals surface area (Å²) in [7, 11) is -11.0. The number of anilines is 2. The Morgan fingerprint density at radius 1 is 0.795 bits per heavy atom. The highest BCUT2D eigenvalue weighted by atomic mass is 35.5. The number of allylic oxidation sites excluding steroid dienone is 1. The van der Waals surface area contributed by atoms with Gasteiger partial charge in [-0.2, -0.15) is 13.2 Å². The van der Waals surface area contributed by atoms with Gasteiger partial charge in [-0.05, 0) is 172 Å². The Balaban J connectivity index is 0.634. The van der Waals surface area contributed by atoms with E-state index >= 15 is 0 Å². The molecular formula is C82H105ClF3N11O11S4. The molecule has 6 aromatic rings. The highest BCUT2D eigenvalue weighted by Crippen LogP contribution is 2.45. The summed E-state index contributed by atoms with van der Waals surface area (Å²) < 4.78 is 105. The number of aliphatic hydroxyl groups is 1. The van der Waals surface area contributed by atoms with Crippen LogP contribution in [0.4, 0.5) is 24.5 Å². The van der Waals surface area contributed by atoms with Crippen LogP contribution in [-0.4, -0.2) is 209 Å². The van der Waals surface area contributed by atoms with Crippen LogP contribution >= 0.6 is 34.7 Å². The first-order chi connectivity index (χ1) is 53.3. The molecule has 7 atom stereocenters. The normalized spacial score (nSPS) is 20.7. The third kappa shape index (κ3) is 22.8. The number of sulfone groups is 1. The number of morpholine rings is 1. The number of alkyl halides is 3. The molecule has 0 radical (unpaired) electrons. The number of rotatable bonds is 31. The highest BCUT2D eigenvalue weighted by molar-refractivity contribution is 7.99. The second-order valence-electron chi connectivity index (χ2n) is 31.7. The number of halogens is 4. The van der Waals surface area contributed by atoms with E-state index in [0.717, 1.165) is 121 Å². The monoisotopic (exact) mass is 1640 g/mol. The standard InChI is InChI=1S/C82H105ClF3N11O11S4/c1-55(57-19-21-59(22-20-57)75-56(2)87-54-110-75)88-78(102)71-46-66(98)51-97(71)79(103)76(80(3,4)5)91-74(100)18-12-8-11-17-73(99)90-63-14-13-36-95(50-63)53-81(6)35-33-69(58-23-27-62(83)28-24-58)61(48-81)49-94-38-40-96(41-39-94)65-29-25-60(26-30-65)77(101)92-112(106,107)68-31-32-70(72(47-68)111(104,105)82(84,85)86)89-64(34-37-93-42-44-108-45-43-93)52-109-67-15-9-7-10-16-67/h7,9-10,15-16,19-32,47,54-55,63-64,66,71,76,89,98H,8,11-14,17-18,33-46,48-53H2,1-6H3,(H,88,102)(H,90,99)(H,91,100)(H,92,101)/t55-,63-,64+,66+,71-,76+,81?/m0/s1. The molecule has 22 nitrogen and oxygen atoms in total. The third-order valence-electron chi connectivity index (χ3n) is 21.9. The van der Waals surface area contributed by atoms with E-state index in [-0.39, 0.29) is 60.2 Å². The van der Waals surface area contributed by atoms with E-state index < -0.39 is 82.3 Å². The van der Waals surface area contributed by atoms with Gasteiger partial charge in [-0.15, -0.1) is 23.1 Å². The van der Waals surface area contributed by atoms with Crippen molar-refractivity contribution < 1.29 is 63.8 Å². The van der Waals surface area contributed by atoms with Crippen molar-refractivity contribution in [1.82, 2.24) is 45.3 Å². The number of β-amino-alcohol motifs (C(OH)–C–C–N with tert-alkyl or cyclic N) is 1. The zero-order valence-electron chi connectivity index (χ0n) is 64.5. The van der Waals surface area contributed by atoms with Crippen molar-refractivity contribution in [2.45, 2.75) is 175 Å². The van der Waals surface area contributed by atoms with Gasteiger partial charge in [-0.1, -0.05) is 106 Å². The molecule has 4 aliphatic heterocycles. The van der Waals surface area contributed by atoms with Gasteiger partial charge in [-0.25, -0.2) is 26.5 Å². The lowest BCUT2D eigenvalue weighted by atomic mass is 9.71. The fourth-order valence-corrected chi connectivity index (χ4v) is 19.6. The van der Waals surface area contributed by atoms with Gasteiger partial charge >= 0.3 is 5.51 Å². The van der Waals surface area contributed by atoms with Gasteiger partial charge < -0.3 is 45.8 Å². The Labute approximate surface area is 669 Å². The molecule has 5 aromatic carbocycles. The van der Waals surface area contributed by atoms with Crippen LogP contribution in [0.25, 0.3) is 16.0 Å². The van der Waals surface area contributed by atoms with E-state index in [0.29, 0.717) is 94.9 Å². The summed E-state index contributed by atoms with van der Waals surface area (Å²) in [6, 6.07) is 31.3. The van der Waals surface area contributed by atoms with E-state index in [1.807, 2.05) is 112 Å². The van der Waals surface area contributed by atoms with E-state index in [1.165, 1.54) is 39.9 Å². The molecule has 606 valence electrons. The molecule has 1 aliphatic carbocycles. The van der Waals surface area contributed by atoms with E-state index in [4.69, 9.17) is 16.3 Å². The summed E-state index contributed by atoms with van der Waals surface area (Å²) in [6.45, 7) is 20.7. The number of thioether (sulfide) groups is 1. The average molecular weight is 1640 g/mol. The van der Waals surface area contributed by atoms with Crippen molar-refractivity contribution in [2.75, 3.05) is 108 Å². The number of piperazine rings is 1. The van der Waals surface area contributed by atoms with Crippen LogP contribution in [0.5, 0.6) is 0 Å². The van der Waals surface area contributed by atoms with Crippen molar-refractivity contribution in [3.63, 3.8) is 0 Å². The highest BCUT2D eigenvalue weighted by Gasteiger charge is 2.49. The molecule has 112 heavy (non-hydrogen) atoms. The Morgan fingerprint density at radius 2 is 1.48 bits per heavy atom. The molecule has 0 bridgehead atoms. The van der Waals surface area contributed by atoms with Crippen LogP contribution in [-0.2, 0) is 43.8 Å². The zero-order chi connectivity index (χ0) is 80.1. The number of carbonyl (C=O) groups excluding carboxylic acids is 5. The fraction of sp³-hybridized carbons (Fsp3) is 0.512. The van der Waals surface area contributed by atoms with Gasteiger partial charge in [-0.3, -0.25) is 33.8 Å². The van der Waals surface area contributed by atoms with Gasteiger partial charge in [0.1, 0.15) is 17.0 Å². The van der Waals surface area contributed by atoms with Crippen LogP contribution in [0.2, 0.25) is 5.02 Å². The summed E-state index contributed by atoms with van der Waals surface area (Å²) in [5.41, 5.74) is 2.28. The predicted molar refractivity (Wildman–Crippen MR) is 433 cm³/mol. The molecule has 4 saturated heterocycles. The molecule has 0 spiro atoms. The number of carbonyl (C=O) groups is 5. The number of thiazole rings is 1. The molecule has 1 aromatic heterocycles. The number of aliphatic hydroxyl groups excluding tert-OH is 1. The largest absolute Gasteiger partial charge is 0.501 e. The van der Waals surface area contributed by atoms with E-state index in [9.17, 15) is 59.1 Å². The number of unbranched alkanes of at least 4 members (excludes halogenated alkanes) is 2. The number of nitrogens with zero attached hydrogens (tertiary/aromatic N) is 6. The Morgan fingerprint density at radius 3 is 2.15 bits per heavy atom. The number of ether oxygens (including phenoxy) is 1. The number of hydrogen-bond acceptors (Lipinski definition) is 19. The number of likely N-dealkylation sites (tertiary alicyclic amines) is 2. The van der Waals surface area contributed by atoms with Crippen molar-refractivity contribution in [1.29, 1.82) is 0 Å². The minimum atomic E-state index is -6.11. The summed E-state index contributed by atoms with van der Waals surface area (Å²) >= 11 is 9.41. The van der Waals surface area contributed by atoms with Crippen LogP contribution in [0, 0.1) is 17.8 Å². The van der Waals surface area contributed by atoms with Crippen LogP contribution in [0.3, 0.4) is 0 Å². The first-order valence-corrected chi connectivity index (χ1v) is 43.9. The predicted octanol–water partition coefficient (Wildman–Crippen LogP) is 12.1. The molecule has 5 heterocycles. The summed E-state index contributed by atoms with van der Waals surface area (Å²) in [5.74, 6) is -1.85. The first kappa shape index (κ1) is 85.4. The first-order valence-electron chi connectivity index (χ1n) is 38.7. The second-order valence-corrected chi connectivity index (χ2v) is 37.7. The average Bonchev–Trinajstić information content (AvgIpc) is 1.13. The third-order valence-corrected chi connectivity index (χ3v) is 27.2. The lowest BCUT2D eigenvalue weighted by Crippen LogP contribution is -2.57. The smallest absolute Gasteiger partial charge is 0.391 e. The number of aromatic nitrogens is 1. The lowest BCUT2D eigenvalue weighted by Gasteiger charge is -2.44. The molecule has 0 saturated carbocycles. The molecule has 5 amide bonds. The van der Waals surface area contributed by atoms with Crippen LogP contribution in [0.15, 0.2) is 147 Å². The number of sulfonamides is 1. The molecular weight excluding hydrogens is 1540 g/mol. The maximum atomic E-state index is 14.4. The number of aryl methyl sites for hydroxylation is 1. The minimum absolute atomic E-state index is 0.00669. The van der Waals surface area contributed by atoms with Crippen LogP contribution in [0.1, 0.15) is 145 Å². The fourth-order valence-electron chi connectivity index (χ4n) is 15.7. The SMILES string of the molecule is Cc1ncsc1-c1ccc([C@H](C)NC(=O)[C@@H]2C[C@@H](O)CN2C(=O)[C@@H](NC(=O)CCCCCC(=O)N[C@H]2CCCN(CC3(C)CCC(c4ccc(Cl)cc4)=C(CN4CCN(c5ccc(C(=O)NS(=O)(=O)c6ccc(N[C@H](CCN7CCOCC7)CSc7ccccc7)c(S(=O)(=O)C(F)(F)F)c6)cc5)CC4)C3)C2)C(C)(C)C)cc1. The van der Waals surface area contributed by atoms with Gasteiger partial charge in [0, 0.05) is 130 Å². The van der Waals surface area contributed by atoms with E-state index in [1.54, 1.807) is 23.5 Å². The van der Waals surface area contributed by atoms with Gasteiger partial charge in [0.2, 0.25) is 23.6 Å². The van der Waals surface area contributed by atoms with Crippen molar-refractivity contribution in [3.05, 3.63) is 160 Å². The van der Waals surface area contributed by atoms with Gasteiger partial charge in [0.25, 0.3) is 25.8 Å². The van der Waals surface area contributed by atoms with Crippen LogP contribution < -0.4 is 30.9 Å². The second kappa shape index (κ2) is 37.9. The minimum Gasteiger partial charge on any atom is -0.391 e. The topological polar surface area (TPSA) is 272 Å².